The van der Waals surface area contributed by atoms with E-state index in [9.17, 15) is 0 Å². The van der Waals surface area contributed by atoms with Gasteiger partial charge in [-0.2, -0.15) is 0 Å². The summed E-state index contributed by atoms with van der Waals surface area (Å²) in [5.74, 6) is 0. The van der Waals surface area contributed by atoms with E-state index in [4.69, 9.17) is 6.85 Å². The number of aromatic nitrogens is 1. The van der Waals surface area contributed by atoms with Crippen LogP contribution in [0.3, 0.4) is 0 Å². The third kappa shape index (κ3) is 4.47. The van der Waals surface area contributed by atoms with Gasteiger partial charge in [0.25, 0.3) is 0 Å². The van der Waals surface area contributed by atoms with Gasteiger partial charge in [-0.1, -0.05) is 56.7 Å². The van der Waals surface area contributed by atoms with Gasteiger partial charge in [-0.3, -0.25) is 0 Å². The van der Waals surface area contributed by atoms with Gasteiger partial charge in [0.2, 0.25) is 5.69 Å². The van der Waals surface area contributed by atoms with Gasteiger partial charge in [0, 0.05) is 24.5 Å². The molecule has 1 heteroatoms. The van der Waals surface area contributed by atoms with Gasteiger partial charge in [-0.05, 0) is 66.4 Å². The molecule has 0 saturated carbocycles. The third-order valence-corrected chi connectivity index (χ3v) is 4.67. The Morgan fingerprint density at radius 1 is 0.926 bits per heavy atom. The van der Waals surface area contributed by atoms with E-state index in [-0.39, 0.29) is 0 Å². The average Bonchev–Trinajstić information content (AvgIpc) is 2.67. The average molecular weight is 364 g/mol. The molecule has 0 fully saturated rings. The normalized spacial score (nSPS) is 15.4. The second kappa shape index (κ2) is 7.31. The number of rotatable bonds is 3. The fourth-order valence-corrected chi connectivity index (χ4v) is 3.30. The van der Waals surface area contributed by atoms with Crippen molar-refractivity contribution in [2.24, 2.45) is 12.5 Å². The first-order valence-electron chi connectivity index (χ1n) is 11.9. The molecule has 0 radical (unpaired) electrons. The van der Waals surface area contributed by atoms with Gasteiger partial charge in [0.05, 0.1) is 0 Å². The predicted molar refractivity (Wildman–Crippen MR) is 116 cm³/mol. The quantitative estimate of drug-likeness (QED) is 0.477. The molecule has 0 amide bonds. The first-order valence-corrected chi connectivity index (χ1v) is 9.35. The van der Waals surface area contributed by atoms with Crippen LogP contribution >= 0.6 is 0 Å². The van der Waals surface area contributed by atoms with Crippen molar-refractivity contribution in [2.45, 2.75) is 47.8 Å². The van der Waals surface area contributed by atoms with Crippen LogP contribution < -0.4 is 4.57 Å². The van der Waals surface area contributed by atoms with Crippen LogP contribution in [0.4, 0.5) is 0 Å². The van der Waals surface area contributed by atoms with E-state index in [0.29, 0.717) is 16.7 Å². The van der Waals surface area contributed by atoms with E-state index in [1.807, 2.05) is 94.9 Å². The predicted octanol–water partition coefficient (Wildman–Crippen LogP) is 6.36. The highest BCUT2D eigenvalue weighted by Crippen LogP contribution is 2.32. The van der Waals surface area contributed by atoms with Crippen LogP contribution in [-0.2, 0) is 13.4 Å². The highest BCUT2D eigenvalue weighted by Gasteiger charge is 2.18. The van der Waals surface area contributed by atoms with Crippen molar-refractivity contribution in [3.8, 4) is 22.4 Å². The Hall–Kier alpha value is -2.41. The molecule has 27 heavy (non-hydrogen) atoms. The Kier molecular flexibility index (Phi) is 3.71. The maximum Gasteiger partial charge on any atom is 0.212 e. The number of aryl methyl sites for hydroxylation is 4. The maximum atomic E-state index is 8.70. The largest absolute Gasteiger partial charge is 0.212 e. The van der Waals surface area contributed by atoms with E-state index in [1.54, 1.807) is 6.07 Å². The molecule has 140 valence electrons. The molecule has 0 aliphatic heterocycles. The van der Waals surface area contributed by atoms with Crippen molar-refractivity contribution in [1.82, 2.24) is 0 Å². The number of pyridine rings is 1. The lowest BCUT2D eigenvalue weighted by Gasteiger charge is -2.18. The van der Waals surface area contributed by atoms with E-state index < -0.39 is 18.6 Å². The molecular weight excluding hydrogens is 326 g/mol. The minimum atomic E-state index is -2.24. The fraction of sp³-hybridized carbons (Fsp3) is 0.346. The maximum absolute atomic E-state index is 8.70. The Balaban J connectivity index is 2.29. The molecule has 0 bridgehead atoms. The Morgan fingerprint density at radius 3 is 2.26 bits per heavy atom. The van der Waals surface area contributed by atoms with Gasteiger partial charge in [0.1, 0.15) is 7.05 Å². The zero-order valence-corrected chi connectivity index (χ0v) is 17.1. The van der Waals surface area contributed by atoms with Crippen molar-refractivity contribution in [2.75, 3.05) is 0 Å². The minimum absolute atomic E-state index is 0.325. The number of hydrogen-bond donors (Lipinski definition) is 0. The summed E-state index contributed by atoms with van der Waals surface area (Å²) < 4.78 is 43.6. The number of hydrogen-bond acceptors (Lipinski definition) is 0. The molecule has 0 aliphatic rings. The summed E-state index contributed by atoms with van der Waals surface area (Å²) in [6.07, 6.45) is 0.346. The van der Waals surface area contributed by atoms with Crippen molar-refractivity contribution in [3.05, 3.63) is 77.0 Å². The smallest absolute Gasteiger partial charge is 0.201 e. The SMILES string of the molecule is [2H]C([2H])([2H])c1cc(C)c(-c2cc(C([2H])([2H])C(C)(C)C)cc[n+]2C)cc1-c1ccc(C)cc1. The highest BCUT2D eigenvalue weighted by molar-refractivity contribution is 5.75. The molecule has 1 heterocycles. The zero-order valence-electron chi connectivity index (χ0n) is 22.1. The number of benzene rings is 2. The van der Waals surface area contributed by atoms with Gasteiger partial charge in [-0.25, -0.2) is 4.57 Å². The van der Waals surface area contributed by atoms with Crippen LogP contribution in [0.2, 0.25) is 0 Å². The number of nitrogens with zero attached hydrogens (tertiary/aromatic N) is 1. The monoisotopic (exact) mass is 363 g/mol. The minimum Gasteiger partial charge on any atom is -0.201 e. The second-order valence-corrected chi connectivity index (χ2v) is 8.37. The summed E-state index contributed by atoms with van der Waals surface area (Å²) in [6, 6.07) is 15.3. The molecule has 0 N–H and O–H groups in total. The topological polar surface area (TPSA) is 3.88 Å². The standard InChI is InChI=1S/C26H32N/c1-18-8-10-22(11-9-18)23-16-24(20(3)14-19(23)2)25-15-21(12-13-27(25)7)17-26(4,5)6/h8-16H,17H2,1-7H3/q+1/i2D3,17D2. The van der Waals surface area contributed by atoms with E-state index in [0.717, 1.165) is 27.9 Å². The van der Waals surface area contributed by atoms with Gasteiger partial charge >= 0.3 is 0 Å². The van der Waals surface area contributed by atoms with Crippen LogP contribution in [0, 0.1) is 26.1 Å². The molecule has 0 unspecified atom stereocenters. The van der Waals surface area contributed by atoms with E-state index in [2.05, 4.69) is 0 Å². The summed E-state index contributed by atoms with van der Waals surface area (Å²) in [4.78, 5) is 0. The Morgan fingerprint density at radius 2 is 1.63 bits per heavy atom. The Bertz CT molecular complexity index is 1140. The van der Waals surface area contributed by atoms with E-state index in [1.165, 1.54) is 0 Å². The molecule has 0 saturated heterocycles. The van der Waals surface area contributed by atoms with Gasteiger partial charge < -0.3 is 0 Å². The lowest BCUT2D eigenvalue weighted by atomic mass is 9.87. The first-order chi connectivity index (χ1) is 14.6. The van der Waals surface area contributed by atoms with Crippen LogP contribution in [0.5, 0.6) is 0 Å². The summed E-state index contributed by atoms with van der Waals surface area (Å²) in [5, 5.41) is 0. The van der Waals surface area contributed by atoms with Crippen molar-refractivity contribution in [3.63, 3.8) is 0 Å². The summed E-state index contributed by atoms with van der Waals surface area (Å²) >= 11 is 0. The lowest BCUT2D eigenvalue weighted by molar-refractivity contribution is -0.660. The van der Waals surface area contributed by atoms with Gasteiger partial charge in [-0.15, -0.1) is 0 Å². The molecule has 0 spiro atoms. The zero-order chi connectivity index (χ0) is 24.1. The molecule has 0 aliphatic carbocycles. The van der Waals surface area contributed by atoms with Crippen LogP contribution in [0.25, 0.3) is 22.4 Å². The van der Waals surface area contributed by atoms with Crippen LogP contribution in [0.1, 0.15) is 49.9 Å². The molecule has 1 nitrogen and oxygen atoms in total. The molecular formula is C26H32N+. The highest BCUT2D eigenvalue weighted by atomic mass is 14.9. The van der Waals surface area contributed by atoms with Crippen molar-refractivity contribution in [1.29, 1.82) is 0 Å². The van der Waals surface area contributed by atoms with Crippen molar-refractivity contribution >= 4 is 0 Å². The molecule has 3 rings (SSSR count). The van der Waals surface area contributed by atoms with Crippen molar-refractivity contribution < 1.29 is 11.4 Å². The first kappa shape index (κ1) is 13.7. The second-order valence-electron chi connectivity index (χ2n) is 8.37. The molecule has 2 aromatic carbocycles. The summed E-state index contributed by atoms with van der Waals surface area (Å²) in [5.41, 5.74) is 5.58. The lowest BCUT2D eigenvalue weighted by Crippen LogP contribution is -2.31. The molecule has 3 aromatic rings. The third-order valence-electron chi connectivity index (χ3n) is 4.67. The molecule has 0 atom stereocenters. The fourth-order valence-electron chi connectivity index (χ4n) is 3.30. The van der Waals surface area contributed by atoms with Gasteiger partial charge in [0.15, 0.2) is 6.20 Å². The summed E-state index contributed by atoms with van der Waals surface area (Å²) in [6.45, 7) is 7.36. The Labute approximate surface area is 171 Å². The molecule has 1 aromatic heterocycles. The van der Waals surface area contributed by atoms with E-state index >= 15 is 0 Å². The van der Waals surface area contributed by atoms with Crippen LogP contribution in [-0.4, -0.2) is 0 Å². The van der Waals surface area contributed by atoms with Crippen LogP contribution in [0.15, 0.2) is 54.7 Å². The summed E-state index contributed by atoms with van der Waals surface area (Å²) in [7, 11) is 1.93.